The maximum absolute atomic E-state index is 12.1. The molecule has 0 spiro atoms. The predicted molar refractivity (Wildman–Crippen MR) is 83.7 cm³/mol. The van der Waals surface area contributed by atoms with Crippen LogP contribution in [0.15, 0.2) is 10.7 Å². The molecule has 9 heteroatoms. The molecule has 2 aromatic heterocycles. The van der Waals surface area contributed by atoms with Crippen molar-refractivity contribution in [3.8, 4) is 0 Å². The van der Waals surface area contributed by atoms with Crippen LogP contribution in [0.3, 0.4) is 0 Å². The standard InChI is InChI=1S/C12H14BrN5O2S/c1-6-9(11(20)17(2)3)21-12(14-6)15-10(19)8-7(13)5-18(4)16-8/h5H,1-4H3,(H,14,15,19). The van der Waals surface area contributed by atoms with Gasteiger partial charge in [0.05, 0.1) is 10.2 Å². The molecule has 0 unspecified atom stereocenters. The summed E-state index contributed by atoms with van der Waals surface area (Å²) in [4.78, 5) is 30.3. The van der Waals surface area contributed by atoms with E-state index >= 15 is 0 Å². The van der Waals surface area contributed by atoms with E-state index in [1.165, 1.54) is 9.58 Å². The van der Waals surface area contributed by atoms with E-state index in [0.717, 1.165) is 11.3 Å². The normalized spacial score (nSPS) is 10.5. The summed E-state index contributed by atoms with van der Waals surface area (Å²) < 4.78 is 2.13. The van der Waals surface area contributed by atoms with E-state index in [2.05, 4.69) is 31.3 Å². The Morgan fingerprint density at radius 1 is 1.43 bits per heavy atom. The van der Waals surface area contributed by atoms with Gasteiger partial charge in [0.25, 0.3) is 11.8 Å². The molecule has 7 nitrogen and oxygen atoms in total. The van der Waals surface area contributed by atoms with E-state index in [9.17, 15) is 9.59 Å². The number of halogens is 1. The van der Waals surface area contributed by atoms with Crippen LogP contribution in [0.25, 0.3) is 0 Å². The van der Waals surface area contributed by atoms with Gasteiger partial charge in [0, 0.05) is 27.3 Å². The van der Waals surface area contributed by atoms with Crippen LogP contribution in [0.2, 0.25) is 0 Å². The number of nitrogens with zero attached hydrogens (tertiary/aromatic N) is 4. The summed E-state index contributed by atoms with van der Waals surface area (Å²) in [7, 11) is 5.07. The summed E-state index contributed by atoms with van der Waals surface area (Å²) in [5, 5.41) is 7.09. The van der Waals surface area contributed by atoms with Crippen molar-refractivity contribution in [3.63, 3.8) is 0 Å². The molecule has 112 valence electrons. The second kappa shape index (κ2) is 5.94. The van der Waals surface area contributed by atoms with Gasteiger partial charge >= 0.3 is 0 Å². The minimum atomic E-state index is -0.375. The van der Waals surface area contributed by atoms with Crippen LogP contribution in [0, 0.1) is 6.92 Å². The number of amides is 2. The van der Waals surface area contributed by atoms with Crippen molar-refractivity contribution in [1.82, 2.24) is 19.7 Å². The molecular formula is C12H14BrN5O2S. The van der Waals surface area contributed by atoms with Crippen molar-refractivity contribution in [2.75, 3.05) is 19.4 Å². The fraction of sp³-hybridized carbons (Fsp3) is 0.333. The lowest BCUT2D eigenvalue weighted by molar-refractivity contribution is 0.0831. The molecule has 0 aliphatic heterocycles. The highest BCUT2D eigenvalue weighted by Crippen LogP contribution is 2.24. The number of aryl methyl sites for hydroxylation is 2. The Kier molecular flexibility index (Phi) is 4.43. The number of carbonyl (C=O) groups excluding carboxylic acids is 2. The van der Waals surface area contributed by atoms with Gasteiger partial charge in [-0.15, -0.1) is 0 Å². The number of anilines is 1. The molecule has 0 radical (unpaired) electrons. The van der Waals surface area contributed by atoms with Crippen molar-refractivity contribution in [2.45, 2.75) is 6.92 Å². The van der Waals surface area contributed by atoms with Gasteiger partial charge in [0.15, 0.2) is 10.8 Å². The molecule has 0 aliphatic rings. The Bertz CT molecular complexity index is 707. The van der Waals surface area contributed by atoms with Crippen LogP contribution in [0.5, 0.6) is 0 Å². The highest BCUT2D eigenvalue weighted by atomic mass is 79.9. The molecule has 2 amide bonds. The molecule has 0 saturated carbocycles. The summed E-state index contributed by atoms with van der Waals surface area (Å²) in [6.07, 6.45) is 1.68. The SMILES string of the molecule is Cc1nc(NC(=O)c2nn(C)cc2Br)sc1C(=O)N(C)C. The van der Waals surface area contributed by atoms with Crippen LogP contribution >= 0.6 is 27.3 Å². The number of aromatic nitrogens is 3. The Morgan fingerprint density at radius 2 is 2.10 bits per heavy atom. The number of thiazole rings is 1. The van der Waals surface area contributed by atoms with Crippen LogP contribution < -0.4 is 5.32 Å². The molecule has 1 N–H and O–H groups in total. The van der Waals surface area contributed by atoms with Gasteiger partial charge in [-0.1, -0.05) is 11.3 Å². The molecule has 0 aromatic carbocycles. The second-order valence-electron chi connectivity index (χ2n) is 4.59. The zero-order valence-corrected chi connectivity index (χ0v) is 14.4. The zero-order chi connectivity index (χ0) is 15.7. The van der Waals surface area contributed by atoms with E-state index in [1.54, 1.807) is 34.3 Å². The fourth-order valence-electron chi connectivity index (χ4n) is 1.62. The lowest BCUT2D eigenvalue weighted by Crippen LogP contribution is -2.21. The fourth-order valence-corrected chi connectivity index (χ4v) is 3.16. The number of rotatable bonds is 3. The topological polar surface area (TPSA) is 80.1 Å². The first-order chi connectivity index (χ1) is 9.79. The predicted octanol–water partition coefficient (Wildman–Crippen LogP) is 1.90. The summed E-state index contributed by atoms with van der Waals surface area (Å²) in [6.45, 7) is 1.74. The monoisotopic (exact) mass is 371 g/mol. The van der Waals surface area contributed by atoms with Crippen molar-refractivity contribution >= 4 is 44.2 Å². The average molecular weight is 372 g/mol. The first-order valence-corrected chi connectivity index (χ1v) is 7.60. The molecule has 2 heterocycles. The first kappa shape index (κ1) is 15.6. The van der Waals surface area contributed by atoms with E-state index < -0.39 is 0 Å². The number of carbonyl (C=O) groups is 2. The maximum atomic E-state index is 12.1. The average Bonchev–Trinajstić information content (AvgIpc) is 2.91. The number of hydrogen-bond donors (Lipinski definition) is 1. The van der Waals surface area contributed by atoms with Crippen molar-refractivity contribution in [2.24, 2.45) is 7.05 Å². The minimum Gasteiger partial charge on any atom is -0.344 e. The van der Waals surface area contributed by atoms with Crippen LogP contribution in [0.4, 0.5) is 5.13 Å². The summed E-state index contributed by atoms with van der Waals surface area (Å²) in [5.74, 6) is -0.510. The third-order valence-corrected chi connectivity index (χ3v) is 4.26. The molecule has 0 bridgehead atoms. The van der Waals surface area contributed by atoms with Gasteiger partial charge in [-0.25, -0.2) is 4.98 Å². The van der Waals surface area contributed by atoms with E-state index in [-0.39, 0.29) is 17.5 Å². The Hall–Kier alpha value is -1.74. The summed E-state index contributed by atoms with van der Waals surface area (Å²) >= 11 is 4.42. The summed E-state index contributed by atoms with van der Waals surface area (Å²) in [6, 6.07) is 0. The third kappa shape index (κ3) is 3.30. The second-order valence-corrected chi connectivity index (χ2v) is 6.44. The molecule has 0 saturated heterocycles. The lowest BCUT2D eigenvalue weighted by Gasteiger charge is -2.07. The van der Waals surface area contributed by atoms with Gasteiger partial charge in [0.2, 0.25) is 0 Å². The largest absolute Gasteiger partial charge is 0.344 e. The number of hydrogen-bond acceptors (Lipinski definition) is 5. The quantitative estimate of drug-likeness (QED) is 0.893. The van der Waals surface area contributed by atoms with Crippen LogP contribution in [0.1, 0.15) is 25.9 Å². The van der Waals surface area contributed by atoms with Gasteiger partial charge in [-0.2, -0.15) is 5.10 Å². The molecule has 0 fully saturated rings. The summed E-state index contributed by atoms with van der Waals surface area (Å²) in [5.41, 5.74) is 0.861. The Balaban J connectivity index is 2.21. The molecule has 0 aliphatic carbocycles. The van der Waals surface area contributed by atoms with E-state index in [1.807, 2.05) is 0 Å². The van der Waals surface area contributed by atoms with Gasteiger partial charge in [-0.05, 0) is 22.9 Å². The van der Waals surface area contributed by atoms with Crippen molar-refractivity contribution in [1.29, 1.82) is 0 Å². The molecule has 2 rings (SSSR count). The van der Waals surface area contributed by atoms with Crippen LogP contribution in [-0.2, 0) is 7.05 Å². The smallest absolute Gasteiger partial charge is 0.279 e. The maximum Gasteiger partial charge on any atom is 0.279 e. The third-order valence-electron chi connectivity index (χ3n) is 2.62. The van der Waals surface area contributed by atoms with Gasteiger partial charge in [-0.3, -0.25) is 19.6 Å². The lowest BCUT2D eigenvalue weighted by atomic mass is 10.3. The zero-order valence-electron chi connectivity index (χ0n) is 12.0. The highest BCUT2D eigenvalue weighted by Gasteiger charge is 2.20. The van der Waals surface area contributed by atoms with E-state index in [0.29, 0.717) is 20.2 Å². The first-order valence-electron chi connectivity index (χ1n) is 5.99. The van der Waals surface area contributed by atoms with Crippen molar-refractivity contribution in [3.05, 3.63) is 26.9 Å². The van der Waals surface area contributed by atoms with Crippen LogP contribution in [-0.4, -0.2) is 45.6 Å². The van der Waals surface area contributed by atoms with Gasteiger partial charge < -0.3 is 4.90 Å². The minimum absolute atomic E-state index is 0.135. The number of nitrogens with one attached hydrogen (secondary N) is 1. The Morgan fingerprint density at radius 3 is 2.62 bits per heavy atom. The molecule has 21 heavy (non-hydrogen) atoms. The van der Waals surface area contributed by atoms with Crippen molar-refractivity contribution < 1.29 is 9.59 Å². The van der Waals surface area contributed by atoms with E-state index in [4.69, 9.17) is 0 Å². The molecular weight excluding hydrogens is 358 g/mol. The Labute approximate surface area is 134 Å². The highest BCUT2D eigenvalue weighted by molar-refractivity contribution is 9.10. The molecule has 0 atom stereocenters. The molecule has 2 aromatic rings. The van der Waals surface area contributed by atoms with Gasteiger partial charge in [0.1, 0.15) is 4.88 Å².